The summed E-state index contributed by atoms with van der Waals surface area (Å²) < 4.78 is 13.7. The van der Waals surface area contributed by atoms with Gasteiger partial charge in [0.1, 0.15) is 5.82 Å². The summed E-state index contributed by atoms with van der Waals surface area (Å²) in [4.78, 5) is 17.2. The lowest BCUT2D eigenvalue weighted by atomic mass is 10.1. The van der Waals surface area contributed by atoms with E-state index in [4.69, 9.17) is 14.5 Å². The van der Waals surface area contributed by atoms with Crippen LogP contribution in [0.15, 0.2) is 72.8 Å². The Kier molecular flexibility index (Phi) is 10.2. The standard InChI is InChI=1S/C32H39N3O3/c1-25-14-5-6-15-26(25)24-32(36)33-21-11-3-4-20-31-34-27-16-7-8-17-28(27)35(31)22-12-13-23-38-30-19-10-9-18-29(30)37-2/h5-10,14-19H,3-4,11-13,20-24H2,1-2H3,(H,33,36). The fourth-order valence-corrected chi connectivity index (χ4v) is 4.71. The number of aromatic nitrogens is 2. The third-order valence-electron chi connectivity index (χ3n) is 6.85. The lowest BCUT2D eigenvalue weighted by Crippen LogP contribution is -2.26. The smallest absolute Gasteiger partial charge is 0.224 e. The Morgan fingerprint density at radius 2 is 1.63 bits per heavy atom. The summed E-state index contributed by atoms with van der Waals surface area (Å²) >= 11 is 0. The molecule has 6 heteroatoms. The van der Waals surface area contributed by atoms with Gasteiger partial charge in [-0.15, -0.1) is 0 Å². The Morgan fingerprint density at radius 1 is 0.868 bits per heavy atom. The molecule has 0 aliphatic rings. The van der Waals surface area contributed by atoms with Crippen molar-refractivity contribution in [3.63, 3.8) is 0 Å². The van der Waals surface area contributed by atoms with E-state index in [2.05, 4.69) is 28.1 Å². The summed E-state index contributed by atoms with van der Waals surface area (Å²) in [5.74, 6) is 2.78. The first-order chi connectivity index (χ1) is 18.7. The summed E-state index contributed by atoms with van der Waals surface area (Å²) in [5, 5.41) is 3.07. The number of carbonyl (C=O) groups is 1. The van der Waals surface area contributed by atoms with Gasteiger partial charge in [0.05, 0.1) is 31.2 Å². The molecule has 0 saturated heterocycles. The molecular weight excluding hydrogens is 474 g/mol. The third kappa shape index (κ3) is 7.60. The second-order valence-electron chi connectivity index (χ2n) is 9.64. The predicted molar refractivity (Wildman–Crippen MR) is 153 cm³/mol. The number of nitrogens with zero attached hydrogens (tertiary/aromatic N) is 2. The molecule has 0 unspecified atom stereocenters. The minimum Gasteiger partial charge on any atom is -0.493 e. The molecule has 1 aromatic heterocycles. The van der Waals surface area contributed by atoms with Crippen molar-refractivity contribution >= 4 is 16.9 Å². The summed E-state index contributed by atoms with van der Waals surface area (Å²) in [7, 11) is 1.66. The SMILES string of the molecule is COc1ccccc1OCCCCn1c(CCCCCNC(=O)Cc2ccccc2C)nc2ccccc21. The van der Waals surface area contributed by atoms with E-state index in [0.717, 1.165) is 79.0 Å². The maximum atomic E-state index is 12.3. The van der Waals surface area contributed by atoms with E-state index in [1.807, 2.05) is 61.5 Å². The molecule has 4 aromatic rings. The van der Waals surface area contributed by atoms with Crippen LogP contribution in [0.4, 0.5) is 0 Å². The molecule has 0 aliphatic carbocycles. The number of hydrogen-bond acceptors (Lipinski definition) is 4. The fraction of sp³-hybridized carbons (Fsp3) is 0.375. The van der Waals surface area contributed by atoms with E-state index in [9.17, 15) is 4.79 Å². The van der Waals surface area contributed by atoms with Gasteiger partial charge in [0, 0.05) is 19.5 Å². The zero-order valence-electron chi connectivity index (χ0n) is 22.6. The first-order valence-corrected chi connectivity index (χ1v) is 13.7. The van der Waals surface area contributed by atoms with E-state index < -0.39 is 0 Å². The van der Waals surface area contributed by atoms with Crippen molar-refractivity contribution in [2.45, 2.75) is 58.4 Å². The highest BCUT2D eigenvalue weighted by molar-refractivity contribution is 5.78. The molecule has 200 valence electrons. The van der Waals surface area contributed by atoms with Gasteiger partial charge in [-0.05, 0) is 68.0 Å². The molecule has 3 aromatic carbocycles. The average Bonchev–Trinajstić information content (AvgIpc) is 3.29. The highest BCUT2D eigenvalue weighted by Gasteiger charge is 2.11. The Bertz CT molecular complexity index is 1310. The fourth-order valence-electron chi connectivity index (χ4n) is 4.71. The van der Waals surface area contributed by atoms with Crippen molar-refractivity contribution in [1.29, 1.82) is 0 Å². The molecule has 0 saturated carbocycles. The molecule has 0 radical (unpaired) electrons. The maximum absolute atomic E-state index is 12.3. The number of imidazole rings is 1. The molecule has 0 bridgehead atoms. The van der Waals surface area contributed by atoms with E-state index in [1.165, 1.54) is 5.52 Å². The molecule has 38 heavy (non-hydrogen) atoms. The van der Waals surface area contributed by atoms with Crippen LogP contribution >= 0.6 is 0 Å². The number of nitrogens with one attached hydrogen (secondary N) is 1. The lowest BCUT2D eigenvalue weighted by Gasteiger charge is -2.12. The van der Waals surface area contributed by atoms with Gasteiger partial charge in [-0.25, -0.2) is 4.98 Å². The van der Waals surface area contributed by atoms with E-state index in [-0.39, 0.29) is 5.91 Å². The normalized spacial score (nSPS) is 11.0. The van der Waals surface area contributed by atoms with Gasteiger partial charge >= 0.3 is 0 Å². The number of methoxy groups -OCH3 is 1. The van der Waals surface area contributed by atoms with Crippen molar-refractivity contribution in [3.05, 3.63) is 89.7 Å². The van der Waals surface area contributed by atoms with Crippen LogP contribution in [0.25, 0.3) is 11.0 Å². The van der Waals surface area contributed by atoms with Gasteiger partial charge in [0.2, 0.25) is 5.91 Å². The number of fused-ring (bicyclic) bond motifs is 1. The van der Waals surface area contributed by atoms with Crippen LogP contribution in [0.2, 0.25) is 0 Å². The average molecular weight is 514 g/mol. The number of rotatable bonds is 15. The van der Waals surface area contributed by atoms with Crippen molar-refractivity contribution in [3.8, 4) is 11.5 Å². The van der Waals surface area contributed by atoms with Crippen LogP contribution in [0, 0.1) is 6.92 Å². The number of carbonyl (C=O) groups excluding carboxylic acids is 1. The molecule has 4 rings (SSSR count). The van der Waals surface area contributed by atoms with Gasteiger partial charge in [0.15, 0.2) is 11.5 Å². The van der Waals surface area contributed by atoms with Crippen LogP contribution < -0.4 is 14.8 Å². The van der Waals surface area contributed by atoms with Gasteiger partial charge < -0.3 is 19.4 Å². The summed E-state index contributed by atoms with van der Waals surface area (Å²) in [5.41, 5.74) is 4.50. The number of aryl methyl sites for hydroxylation is 3. The second-order valence-corrected chi connectivity index (χ2v) is 9.64. The van der Waals surface area contributed by atoms with Crippen LogP contribution in [0.1, 0.15) is 49.1 Å². The highest BCUT2D eigenvalue weighted by atomic mass is 16.5. The predicted octanol–water partition coefficient (Wildman–Crippen LogP) is 6.28. The van der Waals surface area contributed by atoms with Crippen molar-refractivity contribution in [2.24, 2.45) is 0 Å². The molecule has 1 N–H and O–H groups in total. The van der Waals surface area contributed by atoms with Crippen LogP contribution in [0.5, 0.6) is 11.5 Å². The number of amides is 1. The number of benzene rings is 3. The van der Waals surface area contributed by atoms with E-state index >= 15 is 0 Å². The lowest BCUT2D eigenvalue weighted by molar-refractivity contribution is -0.120. The minimum atomic E-state index is 0.0933. The van der Waals surface area contributed by atoms with Crippen molar-refractivity contribution in [2.75, 3.05) is 20.3 Å². The van der Waals surface area contributed by atoms with Crippen molar-refractivity contribution in [1.82, 2.24) is 14.9 Å². The largest absolute Gasteiger partial charge is 0.493 e. The van der Waals surface area contributed by atoms with Gasteiger partial charge in [0.25, 0.3) is 0 Å². The first kappa shape index (κ1) is 27.2. The van der Waals surface area contributed by atoms with Gasteiger partial charge in [-0.1, -0.05) is 55.0 Å². The molecule has 0 aliphatic heterocycles. The number of ether oxygens (including phenoxy) is 2. The number of para-hydroxylation sites is 4. The summed E-state index contributed by atoms with van der Waals surface area (Å²) in [6.07, 6.45) is 6.42. The number of unbranched alkanes of at least 4 members (excludes halogenated alkanes) is 3. The highest BCUT2D eigenvalue weighted by Crippen LogP contribution is 2.26. The Morgan fingerprint density at radius 3 is 2.47 bits per heavy atom. The zero-order valence-corrected chi connectivity index (χ0v) is 22.6. The monoisotopic (exact) mass is 513 g/mol. The molecule has 0 fully saturated rings. The van der Waals surface area contributed by atoms with Gasteiger partial charge in [-0.2, -0.15) is 0 Å². The Labute approximate surface area is 226 Å². The molecule has 1 heterocycles. The minimum absolute atomic E-state index is 0.0933. The van der Waals surface area contributed by atoms with Crippen LogP contribution in [-0.4, -0.2) is 35.7 Å². The Balaban J connectivity index is 1.20. The molecule has 0 spiro atoms. The topological polar surface area (TPSA) is 65.4 Å². The zero-order chi connectivity index (χ0) is 26.6. The number of hydrogen-bond donors (Lipinski definition) is 1. The quantitative estimate of drug-likeness (QED) is 0.190. The maximum Gasteiger partial charge on any atom is 0.224 e. The van der Waals surface area contributed by atoms with Gasteiger partial charge in [-0.3, -0.25) is 4.79 Å². The van der Waals surface area contributed by atoms with E-state index in [1.54, 1.807) is 7.11 Å². The molecule has 6 nitrogen and oxygen atoms in total. The third-order valence-corrected chi connectivity index (χ3v) is 6.85. The summed E-state index contributed by atoms with van der Waals surface area (Å²) in [6.45, 7) is 4.33. The van der Waals surface area contributed by atoms with Crippen LogP contribution in [0.3, 0.4) is 0 Å². The first-order valence-electron chi connectivity index (χ1n) is 13.7. The second kappa shape index (κ2) is 14.2. The van der Waals surface area contributed by atoms with E-state index in [0.29, 0.717) is 19.6 Å². The Hall–Kier alpha value is -3.80. The molecular formula is C32H39N3O3. The molecule has 0 atom stereocenters. The van der Waals surface area contributed by atoms with Crippen LogP contribution in [-0.2, 0) is 24.2 Å². The molecule has 1 amide bonds. The van der Waals surface area contributed by atoms with Crippen molar-refractivity contribution < 1.29 is 14.3 Å². The summed E-state index contributed by atoms with van der Waals surface area (Å²) in [6, 6.07) is 24.2.